The van der Waals surface area contributed by atoms with E-state index in [0.29, 0.717) is 12.2 Å². The number of carbonyl (C=O) groups excluding carboxylic acids is 1. The zero-order chi connectivity index (χ0) is 14.4. The Morgan fingerprint density at radius 1 is 1.53 bits per heavy atom. The number of rotatable bonds is 6. The van der Waals surface area contributed by atoms with Gasteiger partial charge in [-0.3, -0.25) is 4.79 Å². The molecule has 0 radical (unpaired) electrons. The van der Waals surface area contributed by atoms with E-state index < -0.39 is 23.7 Å². The maximum absolute atomic E-state index is 13.2. The van der Waals surface area contributed by atoms with E-state index >= 15 is 0 Å². The Bertz CT molecular complexity index is 482. The molecule has 0 saturated heterocycles. The second kappa shape index (κ2) is 6.98. The number of carbonyl (C=O) groups is 2. The number of hydrogen-bond donors (Lipinski definition) is 3. The third-order valence-electron chi connectivity index (χ3n) is 2.48. The summed E-state index contributed by atoms with van der Waals surface area (Å²) in [5, 5.41) is 11.3. The van der Waals surface area contributed by atoms with Gasteiger partial charge >= 0.3 is 5.97 Å². The monoisotopic (exact) mass is 286 g/mol. The summed E-state index contributed by atoms with van der Waals surface area (Å²) in [7, 11) is 0. The van der Waals surface area contributed by atoms with Crippen molar-refractivity contribution < 1.29 is 19.1 Å². The fraction of sp³-hybridized carbons (Fsp3) is 0.333. The fourth-order valence-electron chi connectivity index (χ4n) is 1.40. The molecule has 1 aromatic carbocycles. The van der Waals surface area contributed by atoms with E-state index in [-0.39, 0.29) is 11.3 Å². The van der Waals surface area contributed by atoms with E-state index in [1.807, 2.05) is 6.26 Å². The SMILES string of the molecule is CSCC[C@@H](NC(=O)c1ccc(N)c(F)c1)C(=O)O. The number of carboxylic acid groups (broad SMARTS) is 1. The number of nitrogens with two attached hydrogens (primary N) is 1. The molecule has 1 rings (SSSR count). The first kappa shape index (κ1) is 15.3. The van der Waals surface area contributed by atoms with Crippen molar-refractivity contribution in [3.05, 3.63) is 29.6 Å². The number of benzene rings is 1. The zero-order valence-electron chi connectivity index (χ0n) is 10.4. The molecule has 104 valence electrons. The standard InChI is InChI=1S/C12H15FN2O3S/c1-19-5-4-10(12(17)18)15-11(16)7-2-3-9(14)8(13)6-7/h2-3,6,10H,4-5,14H2,1H3,(H,15,16)(H,17,18)/t10-/m1/s1. The van der Waals surface area contributed by atoms with E-state index in [0.717, 1.165) is 6.07 Å². The van der Waals surface area contributed by atoms with Crippen LogP contribution in [0.5, 0.6) is 0 Å². The van der Waals surface area contributed by atoms with Crippen LogP contribution in [0.3, 0.4) is 0 Å². The number of nitrogens with one attached hydrogen (secondary N) is 1. The average molecular weight is 286 g/mol. The van der Waals surface area contributed by atoms with Crippen LogP contribution in [0.2, 0.25) is 0 Å². The van der Waals surface area contributed by atoms with Gasteiger partial charge in [0.25, 0.3) is 5.91 Å². The Kier molecular flexibility index (Phi) is 5.62. The third kappa shape index (κ3) is 4.44. The predicted octanol–water partition coefficient (Wildman–Crippen LogP) is 1.34. The average Bonchev–Trinajstić information content (AvgIpc) is 2.37. The summed E-state index contributed by atoms with van der Waals surface area (Å²) in [5.74, 6) is -1.85. The van der Waals surface area contributed by atoms with Crippen molar-refractivity contribution in [2.24, 2.45) is 0 Å². The summed E-state index contributed by atoms with van der Waals surface area (Å²) in [6.45, 7) is 0. The highest BCUT2D eigenvalue weighted by atomic mass is 32.2. The van der Waals surface area contributed by atoms with Crippen LogP contribution < -0.4 is 11.1 Å². The fourth-order valence-corrected chi connectivity index (χ4v) is 1.87. The molecule has 0 heterocycles. The second-order valence-corrected chi connectivity index (χ2v) is 4.87. The lowest BCUT2D eigenvalue weighted by molar-refractivity contribution is -0.139. The minimum absolute atomic E-state index is 0.0436. The van der Waals surface area contributed by atoms with Crippen LogP contribution in [-0.2, 0) is 4.79 Å². The summed E-state index contributed by atoms with van der Waals surface area (Å²) in [5.41, 5.74) is 5.28. The highest BCUT2D eigenvalue weighted by Crippen LogP contribution is 2.12. The van der Waals surface area contributed by atoms with Crippen LogP contribution in [0.15, 0.2) is 18.2 Å². The molecule has 0 fully saturated rings. The number of anilines is 1. The van der Waals surface area contributed by atoms with Gasteiger partial charge in [-0.25, -0.2) is 9.18 Å². The zero-order valence-corrected chi connectivity index (χ0v) is 11.2. The van der Waals surface area contributed by atoms with Gasteiger partial charge in [-0.05, 0) is 36.6 Å². The van der Waals surface area contributed by atoms with Gasteiger partial charge < -0.3 is 16.2 Å². The lowest BCUT2D eigenvalue weighted by Crippen LogP contribution is -2.41. The first-order chi connectivity index (χ1) is 8.95. The summed E-state index contributed by atoms with van der Waals surface area (Å²) in [6, 6.07) is 2.61. The van der Waals surface area contributed by atoms with Crippen LogP contribution in [0.4, 0.5) is 10.1 Å². The molecule has 0 aliphatic heterocycles. The van der Waals surface area contributed by atoms with Gasteiger partial charge in [-0.2, -0.15) is 11.8 Å². The van der Waals surface area contributed by atoms with Crippen molar-refractivity contribution in [2.45, 2.75) is 12.5 Å². The first-order valence-electron chi connectivity index (χ1n) is 5.53. The van der Waals surface area contributed by atoms with E-state index in [4.69, 9.17) is 10.8 Å². The molecule has 0 aromatic heterocycles. The van der Waals surface area contributed by atoms with Gasteiger partial charge in [0.15, 0.2) is 0 Å². The molecule has 19 heavy (non-hydrogen) atoms. The van der Waals surface area contributed by atoms with Gasteiger partial charge in [-0.15, -0.1) is 0 Å². The molecule has 0 bridgehead atoms. The maximum Gasteiger partial charge on any atom is 0.326 e. The Morgan fingerprint density at radius 2 is 2.21 bits per heavy atom. The van der Waals surface area contributed by atoms with E-state index in [1.165, 1.54) is 23.9 Å². The Labute approximate surface area is 114 Å². The molecule has 1 atom stereocenters. The molecule has 0 aliphatic carbocycles. The number of amides is 1. The summed E-state index contributed by atoms with van der Waals surface area (Å²) in [4.78, 5) is 22.8. The molecule has 7 heteroatoms. The summed E-state index contributed by atoms with van der Waals surface area (Å²) < 4.78 is 13.2. The largest absolute Gasteiger partial charge is 0.480 e. The minimum atomic E-state index is -1.11. The van der Waals surface area contributed by atoms with Crippen LogP contribution in [0.25, 0.3) is 0 Å². The Balaban J connectivity index is 2.75. The highest BCUT2D eigenvalue weighted by molar-refractivity contribution is 7.98. The van der Waals surface area contributed by atoms with Crippen LogP contribution in [-0.4, -0.2) is 35.0 Å². The Morgan fingerprint density at radius 3 is 2.74 bits per heavy atom. The molecule has 1 aromatic rings. The number of carboxylic acids is 1. The number of hydrogen-bond acceptors (Lipinski definition) is 4. The van der Waals surface area contributed by atoms with Crippen molar-refractivity contribution in [2.75, 3.05) is 17.7 Å². The van der Waals surface area contributed by atoms with Gasteiger partial charge in [0.2, 0.25) is 0 Å². The van der Waals surface area contributed by atoms with Gasteiger partial charge in [0.05, 0.1) is 5.69 Å². The molecule has 0 aliphatic rings. The van der Waals surface area contributed by atoms with Gasteiger partial charge in [0.1, 0.15) is 11.9 Å². The maximum atomic E-state index is 13.2. The number of thioether (sulfide) groups is 1. The highest BCUT2D eigenvalue weighted by Gasteiger charge is 2.20. The van der Waals surface area contributed by atoms with Crippen LogP contribution in [0, 0.1) is 5.82 Å². The summed E-state index contributed by atoms with van der Waals surface area (Å²) >= 11 is 1.48. The number of aliphatic carboxylic acids is 1. The van der Waals surface area contributed by atoms with E-state index in [1.54, 1.807) is 0 Å². The lowest BCUT2D eigenvalue weighted by atomic mass is 10.1. The van der Waals surface area contributed by atoms with Crippen molar-refractivity contribution in [3.63, 3.8) is 0 Å². The van der Waals surface area contributed by atoms with Crippen molar-refractivity contribution in [1.29, 1.82) is 0 Å². The quantitative estimate of drug-likeness (QED) is 0.686. The first-order valence-corrected chi connectivity index (χ1v) is 6.92. The van der Waals surface area contributed by atoms with Crippen molar-refractivity contribution in [1.82, 2.24) is 5.32 Å². The normalized spacial score (nSPS) is 11.9. The molecular weight excluding hydrogens is 271 g/mol. The lowest BCUT2D eigenvalue weighted by Gasteiger charge is -2.14. The Hall–Kier alpha value is -1.76. The van der Waals surface area contributed by atoms with E-state index in [9.17, 15) is 14.0 Å². The number of halogens is 1. The minimum Gasteiger partial charge on any atom is -0.480 e. The van der Waals surface area contributed by atoms with Crippen molar-refractivity contribution in [3.8, 4) is 0 Å². The smallest absolute Gasteiger partial charge is 0.326 e. The number of nitrogen functional groups attached to an aromatic ring is 1. The second-order valence-electron chi connectivity index (χ2n) is 3.88. The van der Waals surface area contributed by atoms with E-state index in [2.05, 4.69) is 5.32 Å². The van der Waals surface area contributed by atoms with Crippen molar-refractivity contribution >= 4 is 29.3 Å². The van der Waals surface area contributed by atoms with Gasteiger partial charge in [0, 0.05) is 5.56 Å². The van der Waals surface area contributed by atoms with Crippen LogP contribution >= 0.6 is 11.8 Å². The predicted molar refractivity (Wildman–Crippen MR) is 72.7 cm³/mol. The molecular formula is C12H15FN2O3S. The molecule has 1 amide bonds. The molecule has 5 nitrogen and oxygen atoms in total. The molecule has 4 N–H and O–H groups in total. The third-order valence-corrected chi connectivity index (χ3v) is 3.12. The van der Waals surface area contributed by atoms with Crippen LogP contribution in [0.1, 0.15) is 16.8 Å². The van der Waals surface area contributed by atoms with Gasteiger partial charge in [-0.1, -0.05) is 0 Å². The topological polar surface area (TPSA) is 92.4 Å². The molecule has 0 unspecified atom stereocenters. The summed E-state index contributed by atoms with van der Waals surface area (Å²) in [6.07, 6.45) is 2.15. The molecule has 0 saturated carbocycles. The molecule has 0 spiro atoms.